The molecule has 1 saturated carbocycles. The van der Waals surface area contributed by atoms with Crippen LogP contribution in [0.15, 0.2) is 42.6 Å². The van der Waals surface area contributed by atoms with Crippen molar-refractivity contribution in [2.24, 2.45) is 0 Å². The summed E-state index contributed by atoms with van der Waals surface area (Å²) in [5.41, 5.74) is 2.65. The molecule has 1 heterocycles. The van der Waals surface area contributed by atoms with Crippen molar-refractivity contribution in [1.82, 2.24) is 9.88 Å². The molecule has 0 aliphatic heterocycles. The predicted octanol–water partition coefficient (Wildman–Crippen LogP) is 3.33. The minimum absolute atomic E-state index is 0.126. The van der Waals surface area contributed by atoms with Gasteiger partial charge in [-0.2, -0.15) is 4.39 Å². The number of carbonyl (C=O) groups excluding carboxylic acids is 1. The first-order valence-electron chi connectivity index (χ1n) is 7.11. The zero-order chi connectivity index (χ0) is 14.8. The fourth-order valence-electron chi connectivity index (χ4n) is 2.34. The zero-order valence-electron chi connectivity index (χ0n) is 11.9. The number of hydrogen-bond donors (Lipinski definition) is 0. The van der Waals surface area contributed by atoms with Gasteiger partial charge in [0.2, 0.25) is 5.95 Å². The Kier molecular flexibility index (Phi) is 3.69. The lowest BCUT2D eigenvalue weighted by atomic mass is 10.1. The van der Waals surface area contributed by atoms with Gasteiger partial charge >= 0.3 is 0 Å². The van der Waals surface area contributed by atoms with Crippen LogP contribution in [-0.2, 0) is 6.54 Å². The molecule has 3 rings (SSSR count). The summed E-state index contributed by atoms with van der Waals surface area (Å²) in [5, 5.41) is 0. The largest absolute Gasteiger partial charge is 0.331 e. The van der Waals surface area contributed by atoms with Gasteiger partial charge in [-0.1, -0.05) is 29.8 Å². The molecular weight excluding hydrogens is 267 g/mol. The summed E-state index contributed by atoms with van der Waals surface area (Å²) < 4.78 is 13.2. The fraction of sp³-hybridized carbons (Fsp3) is 0.294. The maximum atomic E-state index is 13.2. The number of aromatic nitrogens is 1. The van der Waals surface area contributed by atoms with Crippen LogP contribution < -0.4 is 0 Å². The third kappa shape index (κ3) is 3.27. The molecular formula is C17H17FN2O. The number of benzene rings is 1. The lowest BCUT2D eigenvalue weighted by Gasteiger charge is -2.22. The Labute approximate surface area is 123 Å². The highest BCUT2D eigenvalue weighted by molar-refractivity contribution is 5.94. The second-order valence-electron chi connectivity index (χ2n) is 5.52. The molecule has 0 unspecified atom stereocenters. The van der Waals surface area contributed by atoms with Gasteiger partial charge in [-0.05, 0) is 31.4 Å². The van der Waals surface area contributed by atoms with Crippen molar-refractivity contribution in [3.8, 4) is 0 Å². The number of halogens is 1. The number of hydrogen-bond acceptors (Lipinski definition) is 2. The molecule has 0 saturated heterocycles. The van der Waals surface area contributed by atoms with E-state index in [4.69, 9.17) is 0 Å². The molecule has 0 radical (unpaired) electrons. The standard InChI is InChI=1S/C17H17FN2O/c1-12-2-4-13(5-3-12)11-20(15-6-7-15)17(21)14-8-9-19-16(18)10-14/h2-5,8-10,15H,6-7,11H2,1H3. The Morgan fingerprint density at radius 3 is 2.62 bits per heavy atom. The summed E-state index contributed by atoms with van der Waals surface area (Å²) in [4.78, 5) is 17.9. The molecule has 3 nitrogen and oxygen atoms in total. The molecule has 0 N–H and O–H groups in total. The third-order valence-corrected chi connectivity index (χ3v) is 3.70. The van der Waals surface area contributed by atoms with Gasteiger partial charge in [0.1, 0.15) is 0 Å². The van der Waals surface area contributed by atoms with E-state index < -0.39 is 5.95 Å². The van der Waals surface area contributed by atoms with Crippen LogP contribution in [0.5, 0.6) is 0 Å². The number of carbonyl (C=O) groups is 1. The Hall–Kier alpha value is -2.23. The molecule has 1 amide bonds. The van der Waals surface area contributed by atoms with Crippen molar-refractivity contribution in [3.63, 3.8) is 0 Å². The maximum absolute atomic E-state index is 13.2. The summed E-state index contributed by atoms with van der Waals surface area (Å²) in [5.74, 6) is -0.744. The van der Waals surface area contributed by atoms with Crippen LogP contribution in [0.25, 0.3) is 0 Å². The van der Waals surface area contributed by atoms with Gasteiger partial charge in [-0.3, -0.25) is 4.79 Å². The predicted molar refractivity (Wildman–Crippen MR) is 78.3 cm³/mol. The van der Waals surface area contributed by atoms with Gasteiger partial charge in [0.25, 0.3) is 5.91 Å². The summed E-state index contributed by atoms with van der Waals surface area (Å²) in [6.07, 6.45) is 3.37. The molecule has 108 valence electrons. The van der Waals surface area contributed by atoms with Crippen molar-refractivity contribution in [1.29, 1.82) is 0 Å². The van der Waals surface area contributed by atoms with Gasteiger partial charge in [0.05, 0.1) is 0 Å². The number of aryl methyl sites for hydroxylation is 1. The van der Waals surface area contributed by atoms with E-state index in [1.54, 1.807) is 6.07 Å². The topological polar surface area (TPSA) is 33.2 Å². The number of nitrogens with zero attached hydrogens (tertiary/aromatic N) is 2. The minimum Gasteiger partial charge on any atom is -0.331 e. The quantitative estimate of drug-likeness (QED) is 0.807. The average molecular weight is 284 g/mol. The van der Waals surface area contributed by atoms with Gasteiger partial charge in [0, 0.05) is 30.4 Å². The lowest BCUT2D eigenvalue weighted by molar-refractivity contribution is 0.0729. The minimum atomic E-state index is -0.619. The molecule has 21 heavy (non-hydrogen) atoms. The monoisotopic (exact) mass is 284 g/mol. The maximum Gasteiger partial charge on any atom is 0.254 e. The van der Waals surface area contributed by atoms with Gasteiger partial charge in [-0.15, -0.1) is 0 Å². The van der Waals surface area contributed by atoms with Crippen LogP contribution in [-0.4, -0.2) is 21.8 Å². The summed E-state index contributed by atoms with van der Waals surface area (Å²) >= 11 is 0. The van der Waals surface area contributed by atoms with E-state index in [1.165, 1.54) is 17.8 Å². The molecule has 1 aromatic carbocycles. The van der Waals surface area contributed by atoms with Crippen LogP contribution in [0.4, 0.5) is 4.39 Å². The van der Waals surface area contributed by atoms with E-state index in [1.807, 2.05) is 36.1 Å². The SMILES string of the molecule is Cc1ccc(CN(C(=O)c2ccnc(F)c2)C2CC2)cc1. The first kappa shape index (κ1) is 13.7. The fourth-order valence-corrected chi connectivity index (χ4v) is 2.34. The number of amides is 1. The molecule has 4 heteroatoms. The summed E-state index contributed by atoms with van der Waals surface area (Å²) in [6, 6.07) is 11.2. The Morgan fingerprint density at radius 1 is 1.29 bits per heavy atom. The van der Waals surface area contributed by atoms with E-state index in [-0.39, 0.29) is 11.9 Å². The number of rotatable bonds is 4. The highest BCUT2D eigenvalue weighted by atomic mass is 19.1. The molecule has 0 spiro atoms. The third-order valence-electron chi connectivity index (χ3n) is 3.70. The van der Waals surface area contributed by atoms with Crippen LogP contribution in [0.3, 0.4) is 0 Å². The van der Waals surface area contributed by atoms with E-state index >= 15 is 0 Å². The molecule has 0 bridgehead atoms. The van der Waals surface area contributed by atoms with Gasteiger partial charge < -0.3 is 4.90 Å². The van der Waals surface area contributed by atoms with Crippen LogP contribution >= 0.6 is 0 Å². The first-order chi connectivity index (χ1) is 10.1. The molecule has 0 atom stereocenters. The van der Waals surface area contributed by atoms with Crippen LogP contribution in [0, 0.1) is 12.9 Å². The molecule has 1 aliphatic carbocycles. The van der Waals surface area contributed by atoms with E-state index in [9.17, 15) is 9.18 Å². The zero-order valence-corrected chi connectivity index (χ0v) is 11.9. The second-order valence-corrected chi connectivity index (χ2v) is 5.52. The van der Waals surface area contributed by atoms with Crippen molar-refractivity contribution in [2.75, 3.05) is 0 Å². The average Bonchev–Trinajstić information content (AvgIpc) is 3.30. The van der Waals surface area contributed by atoms with Crippen molar-refractivity contribution < 1.29 is 9.18 Å². The second kappa shape index (κ2) is 5.64. The van der Waals surface area contributed by atoms with Crippen molar-refractivity contribution in [3.05, 3.63) is 65.2 Å². The summed E-state index contributed by atoms with van der Waals surface area (Å²) in [7, 11) is 0. The molecule has 1 aliphatic rings. The highest BCUT2D eigenvalue weighted by Crippen LogP contribution is 2.29. The first-order valence-corrected chi connectivity index (χ1v) is 7.11. The molecule has 2 aromatic rings. The Bertz CT molecular complexity index is 650. The van der Waals surface area contributed by atoms with Crippen molar-refractivity contribution in [2.45, 2.75) is 32.4 Å². The molecule has 1 aromatic heterocycles. The smallest absolute Gasteiger partial charge is 0.254 e. The van der Waals surface area contributed by atoms with E-state index in [0.29, 0.717) is 12.1 Å². The molecule has 1 fully saturated rings. The normalized spacial score (nSPS) is 14.0. The Morgan fingerprint density at radius 2 is 2.00 bits per heavy atom. The Balaban J connectivity index is 1.81. The highest BCUT2D eigenvalue weighted by Gasteiger charge is 2.33. The lowest BCUT2D eigenvalue weighted by Crippen LogP contribution is -2.32. The number of pyridine rings is 1. The van der Waals surface area contributed by atoms with E-state index in [2.05, 4.69) is 4.98 Å². The van der Waals surface area contributed by atoms with Crippen molar-refractivity contribution >= 4 is 5.91 Å². The van der Waals surface area contributed by atoms with Crippen LogP contribution in [0.1, 0.15) is 34.3 Å². The van der Waals surface area contributed by atoms with Crippen LogP contribution in [0.2, 0.25) is 0 Å². The summed E-state index contributed by atoms with van der Waals surface area (Å²) in [6.45, 7) is 2.60. The van der Waals surface area contributed by atoms with Gasteiger partial charge in [0.15, 0.2) is 0 Å². The van der Waals surface area contributed by atoms with E-state index in [0.717, 1.165) is 18.4 Å². The van der Waals surface area contributed by atoms with Gasteiger partial charge in [-0.25, -0.2) is 4.98 Å².